The van der Waals surface area contributed by atoms with Crippen molar-refractivity contribution in [2.75, 3.05) is 4.90 Å². The molecule has 2 heterocycles. The molecule has 3 aliphatic rings. The fourth-order valence-electron chi connectivity index (χ4n) is 4.98. The Morgan fingerprint density at radius 3 is 1.89 bits per heavy atom. The minimum Gasteiger partial charge on any atom is -0.457 e. The third kappa shape index (κ3) is 3.67. The van der Waals surface area contributed by atoms with Gasteiger partial charge in [-0.3, -0.25) is 19.2 Å². The molecule has 3 aromatic rings. The van der Waals surface area contributed by atoms with Gasteiger partial charge < -0.3 is 4.74 Å². The Morgan fingerprint density at radius 2 is 1.27 bits per heavy atom. The van der Waals surface area contributed by atoms with Gasteiger partial charge in [0.25, 0.3) is 23.6 Å². The molecule has 4 amide bonds. The number of hydrogen-bond acceptors (Lipinski definition) is 5. The summed E-state index contributed by atoms with van der Waals surface area (Å²) < 4.78 is 5.97. The van der Waals surface area contributed by atoms with Crippen molar-refractivity contribution in [2.24, 2.45) is 0 Å². The number of allylic oxidation sites excluding steroid dienone is 4. The lowest BCUT2D eigenvalue weighted by atomic mass is 10.0. The van der Waals surface area contributed by atoms with Crippen LogP contribution in [0.5, 0.6) is 11.5 Å². The molecule has 0 unspecified atom stereocenters. The average molecular weight is 491 g/mol. The van der Waals surface area contributed by atoms with E-state index in [4.69, 9.17) is 4.74 Å². The molecule has 0 bridgehead atoms. The molecule has 0 saturated heterocycles. The molecule has 7 nitrogen and oxygen atoms in total. The molecule has 0 spiro atoms. The van der Waals surface area contributed by atoms with E-state index in [1.807, 2.05) is 26.0 Å². The Hall–Kier alpha value is -4.78. The van der Waals surface area contributed by atoms with E-state index < -0.39 is 5.91 Å². The molecular weight excluding hydrogens is 468 g/mol. The number of anilines is 1. The molecule has 0 saturated carbocycles. The smallest absolute Gasteiger partial charge is 0.266 e. The van der Waals surface area contributed by atoms with Gasteiger partial charge in [0.1, 0.15) is 11.5 Å². The predicted molar refractivity (Wildman–Crippen MR) is 137 cm³/mol. The van der Waals surface area contributed by atoms with Gasteiger partial charge in [-0.15, -0.1) is 0 Å². The van der Waals surface area contributed by atoms with Crippen LogP contribution < -0.4 is 9.64 Å². The van der Waals surface area contributed by atoms with Crippen molar-refractivity contribution < 1.29 is 23.9 Å². The highest BCUT2D eigenvalue weighted by Gasteiger charge is 2.39. The summed E-state index contributed by atoms with van der Waals surface area (Å²) in [6, 6.07) is 16.6. The van der Waals surface area contributed by atoms with Crippen molar-refractivity contribution in [1.29, 1.82) is 0 Å². The number of rotatable bonds is 4. The van der Waals surface area contributed by atoms with Crippen LogP contribution in [-0.4, -0.2) is 28.5 Å². The maximum atomic E-state index is 13.1. The molecule has 6 rings (SSSR count). The van der Waals surface area contributed by atoms with Gasteiger partial charge in [0.2, 0.25) is 0 Å². The number of amides is 4. The Balaban J connectivity index is 1.27. The summed E-state index contributed by atoms with van der Waals surface area (Å²) in [6.45, 7) is 3.84. The minimum absolute atomic E-state index is 0.246. The van der Waals surface area contributed by atoms with Gasteiger partial charge in [-0.1, -0.05) is 23.8 Å². The summed E-state index contributed by atoms with van der Waals surface area (Å²) in [6.07, 6.45) is 5.34. The van der Waals surface area contributed by atoms with Gasteiger partial charge in [0, 0.05) is 5.70 Å². The van der Waals surface area contributed by atoms with E-state index in [2.05, 4.69) is 6.08 Å². The van der Waals surface area contributed by atoms with Gasteiger partial charge in [0.15, 0.2) is 0 Å². The van der Waals surface area contributed by atoms with Crippen LogP contribution in [0, 0.1) is 6.92 Å². The SMILES string of the molecule is CC1=CCCC(N2C(=O)c3ccc(Oc4ccc5c(c4)C(=O)N(c4cccc(C)c4)C5=O)cc3C2=O)=C1. The van der Waals surface area contributed by atoms with Crippen molar-refractivity contribution in [3.63, 3.8) is 0 Å². The maximum absolute atomic E-state index is 13.1. The third-order valence-corrected chi connectivity index (χ3v) is 6.76. The van der Waals surface area contributed by atoms with E-state index >= 15 is 0 Å². The summed E-state index contributed by atoms with van der Waals surface area (Å²) in [4.78, 5) is 54.6. The van der Waals surface area contributed by atoms with Crippen LogP contribution in [0.4, 0.5) is 5.69 Å². The van der Waals surface area contributed by atoms with Crippen molar-refractivity contribution in [1.82, 2.24) is 4.90 Å². The maximum Gasteiger partial charge on any atom is 0.266 e. The number of benzene rings is 3. The summed E-state index contributed by atoms with van der Waals surface area (Å²) in [5, 5.41) is 0. The molecule has 182 valence electrons. The zero-order valence-corrected chi connectivity index (χ0v) is 20.3. The van der Waals surface area contributed by atoms with Gasteiger partial charge in [-0.2, -0.15) is 0 Å². The van der Waals surface area contributed by atoms with E-state index in [1.165, 1.54) is 11.0 Å². The summed E-state index contributed by atoms with van der Waals surface area (Å²) >= 11 is 0. The summed E-state index contributed by atoms with van der Waals surface area (Å²) in [7, 11) is 0. The van der Waals surface area contributed by atoms with Gasteiger partial charge in [-0.05, 0) is 86.9 Å². The summed E-state index contributed by atoms with van der Waals surface area (Å²) in [5.41, 5.74) is 4.31. The van der Waals surface area contributed by atoms with Crippen molar-refractivity contribution in [3.05, 3.63) is 112 Å². The lowest BCUT2D eigenvalue weighted by molar-refractivity contribution is 0.0697. The Labute approximate surface area is 213 Å². The molecule has 2 aliphatic heterocycles. The molecule has 0 fully saturated rings. The van der Waals surface area contributed by atoms with Crippen molar-refractivity contribution in [2.45, 2.75) is 26.7 Å². The van der Waals surface area contributed by atoms with E-state index in [1.54, 1.807) is 48.5 Å². The highest BCUT2D eigenvalue weighted by Crippen LogP contribution is 2.36. The molecule has 0 radical (unpaired) electrons. The second-order valence-corrected chi connectivity index (χ2v) is 9.37. The normalized spacial score (nSPS) is 16.6. The number of carbonyl (C=O) groups is 4. The van der Waals surface area contributed by atoms with Gasteiger partial charge in [-0.25, -0.2) is 9.80 Å². The van der Waals surface area contributed by atoms with Crippen LogP contribution in [-0.2, 0) is 0 Å². The Kier molecular flexibility index (Phi) is 5.15. The average Bonchev–Trinajstić information content (AvgIpc) is 3.27. The number of fused-ring (bicyclic) bond motifs is 2. The number of imide groups is 2. The first-order valence-electron chi connectivity index (χ1n) is 12.0. The van der Waals surface area contributed by atoms with Crippen molar-refractivity contribution >= 4 is 29.3 Å². The number of ether oxygens (including phenoxy) is 1. The van der Waals surface area contributed by atoms with Crippen LogP contribution >= 0.6 is 0 Å². The van der Waals surface area contributed by atoms with Crippen LogP contribution in [0.1, 0.15) is 66.8 Å². The second-order valence-electron chi connectivity index (χ2n) is 9.37. The topological polar surface area (TPSA) is 84.0 Å². The Morgan fingerprint density at radius 1 is 0.676 bits per heavy atom. The zero-order chi connectivity index (χ0) is 25.8. The minimum atomic E-state index is -0.425. The lowest BCUT2D eigenvalue weighted by Gasteiger charge is -2.20. The number of hydrogen-bond donors (Lipinski definition) is 0. The van der Waals surface area contributed by atoms with Crippen LogP contribution in [0.15, 0.2) is 84.1 Å². The molecule has 0 aromatic heterocycles. The summed E-state index contributed by atoms with van der Waals surface area (Å²) in [5.74, 6) is -0.842. The van der Waals surface area contributed by atoms with Gasteiger partial charge in [0.05, 0.1) is 27.9 Å². The van der Waals surface area contributed by atoms with Crippen LogP contribution in [0.3, 0.4) is 0 Å². The third-order valence-electron chi connectivity index (χ3n) is 6.76. The van der Waals surface area contributed by atoms with E-state index in [0.29, 0.717) is 40.4 Å². The molecule has 0 N–H and O–H groups in total. The van der Waals surface area contributed by atoms with Crippen LogP contribution in [0.25, 0.3) is 0 Å². The number of aryl methyl sites for hydroxylation is 1. The predicted octanol–water partition coefficient (Wildman–Crippen LogP) is 5.81. The quantitative estimate of drug-likeness (QED) is 0.431. The van der Waals surface area contributed by atoms with E-state index in [-0.39, 0.29) is 28.8 Å². The second kappa shape index (κ2) is 8.41. The van der Waals surface area contributed by atoms with Gasteiger partial charge >= 0.3 is 0 Å². The Bertz CT molecular complexity index is 1610. The monoisotopic (exact) mass is 490 g/mol. The number of carbonyl (C=O) groups excluding carboxylic acids is 4. The molecular formula is C30H22N2O5. The molecule has 1 aliphatic carbocycles. The van der Waals surface area contributed by atoms with Crippen molar-refractivity contribution in [3.8, 4) is 11.5 Å². The number of nitrogens with zero attached hydrogens (tertiary/aromatic N) is 2. The largest absolute Gasteiger partial charge is 0.457 e. The van der Waals surface area contributed by atoms with Crippen LogP contribution in [0.2, 0.25) is 0 Å². The first-order chi connectivity index (χ1) is 17.8. The first-order valence-corrected chi connectivity index (χ1v) is 12.0. The fraction of sp³-hybridized carbons (Fsp3) is 0.133. The highest BCUT2D eigenvalue weighted by molar-refractivity contribution is 6.34. The molecule has 37 heavy (non-hydrogen) atoms. The lowest BCUT2D eigenvalue weighted by Crippen LogP contribution is -2.29. The van der Waals surface area contributed by atoms with E-state index in [9.17, 15) is 19.2 Å². The fourth-order valence-corrected chi connectivity index (χ4v) is 4.98. The molecule has 0 atom stereocenters. The molecule has 7 heteroatoms. The molecule has 3 aromatic carbocycles. The standard InChI is InChI=1S/C30H22N2O5/c1-17-5-3-7-19(13-17)31-27(33)23-11-9-21(15-25(23)29(31)35)37-22-10-12-24-26(16-22)30(36)32(28(24)34)20-8-4-6-18(2)14-20/h3,5-7,9-16H,4,8H2,1-2H3. The zero-order valence-electron chi connectivity index (χ0n) is 20.3. The highest BCUT2D eigenvalue weighted by atomic mass is 16.5. The van der Waals surface area contributed by atoms with E-state index in [0.717, 1.165) is 22.5 Å². The first kappa shape index (κ1) is 22.7.